The molecule has 1 aromatic carbocycles. The van der Waals surface area contributed by atoms with Crippen molar-refractivity contribution in [2.45, 2.75) is 50.1 Å². The van der Waals surface area contributed by atoms with Crippen molar-refractivity contribution in [1.29, 1.82) is 0 Å². The van der Waals surface area contributed by atoms with E-state index in [2.05, 4.69) is 51.6 Å². The lowest BCUT2D eigenvalue weighted by Crippen LogP contribution is -2.42. The summed E-state index contributed by atoms with van der Waals surface area (Å²) in [4.78, 5) is 0. The average Bonchev–Trinajstić information content (AvgIpc) is 2.91. The summed E-state index contributed by atoms with van der Waals surface area (Å²) in [5.74, 6) is 1.91. The van der Waals surface area contributed by atoms with Gasteiger partial charge in [0.2, 0.25) is 0 Å². The smallest absolute Gasteiger partial charge is 0.108 e. The Labute approximate surface area is 134 Å². The Morgan fingerprint density at radius 2 is 2.10 bits per heavy atom. The van der Waals surface area contributed by atoms with Crippen LogP contribution in [0.2, 0.25) is 0 Å². The van der Waals surface area contributed by atoms with Crippen LogP contribution in [0.1, 0.15) is 54.5 Å². The Bertz CT molecular complexity index is 630. The fraction of sp³-hybridized carbons (Fsp3) is 0.444. The zero-order chi connectivity index (χ0) is 14.2. The van der Waals surface area contributed by atoms with E-state index in [-0.39, 0.29) is 0 Å². The first-order valence-corrected chi connectivity index (χ1v) is 8.66. The molecule has 1 atom stereocenters. The van der Waals surface area contributed by atoms with Crippen LogP contribution in [0.15, 0.2) is 45.5 Å². The van der Waals surface area contributed by atoms with Gasteiger partial charge in [-0.2, -0.15) is 0 Å². The highest BCUT2D eigenvalue weighted by Crippen LogP contribution is 2.40. The minimum atomic E-state index is 0.501. The predicted octanol–water partition coefficient (Wildman–Crippen LogP) is 4.96. The van der Waals surface area contributed by atoms with Crippen molar-refractivity contribution in [1.82, 2.24) is 5.32 Å². The summed E-state index contributed by atoms with van der Waals surface area (Å²) >= 11 is 3.57. The highest BCUT2D eigenvalue weighted by Gasteiger charge is 2.33. The van der Waals surface area contributed by atoms with E-state index in [1.165, 1.54) is 47.0 Å². The molecule has 0 amide bonds. The van der Waals surface area contributed by atoms with Gasteiger partial charge in [0.15, 0.2) is 0 Å². The molecule has 2 aliphatic rings. The Hall–Kier alpha value is -1.06. The van der Waals surface area contributed by atoms with Gasteiger partial charge in [-0.1, -0.05) is 28.1 Å². The standard InChI is InChI=1S/C18H20BrNO/c19-14-4-1-3-12(9-14)13-10-15(11-13)20-17-5-2-6-18-16(17)7-8-21-18/h1,3-4,7-9,13,15,17,20H,2,5-6,10-11H2. The summed E-state index contributed by atoms with van der Waals surface area (Å²) in [5.41, 5.74) is 2.86. The normalized spacial score (nSPS) is 28.0. The van der Waals surface area contributed by atoms with E-state index in [4.69, 9.17) is 4.42 Å². The number of nitrogens with one attached hydrogen (secondary N) is 1. The summed E-state index contributed by atoms with van der Waals surface area (Å²) < 4.78 is 6.76. The Kier molecular flexibility index (Phi) is 3.64. The van der Waals surface area contributed by atoms with Crippen LogP contribution in [-0.4, -0.2) is 6.04 Å². The van der Waals surface area contributed by atoms with Crippen LogP contribution in [0.25, 0.3) is 0 Å². The molecular formula is C18H20BrNO. The number of furan rings is 1. The van der Waals surface area contributed by atoms with Gasteiger partial charge in [0.05, 0.1) is 6.26 Å². The maximum atomic E-state index is 5.58. The lowest BCUT2D eigenvalue weighted by atomic mass is 9.75. The minimum absolute atomic E-state index is 0.501. The van der Waals surface area contributed by atoms with Crippen molar-refractivity contribution in [3.05, 3.63) is 58.0 Å². The second-order valence-corrected chi connectivity index (χ2v) is 7.25. The predicted molar refractivity (Wildman–Crippen MR) is 87.4 cm³/mol. The number of aryl methyl sites for hydroxylation is 1. The van der Waals surface area contributed by atoms with E-state index in [1.807, 2.05) is 6.26 Å². The van der Waals surface area contributed by atoms with Crippen LogP contribution in [0, 0.1) is 0 Å². The molecule has 1 heterocycles. The molecule has 2 nitrogen and oxygen atoms in total. The molecule has 21 heavy (non-hydrogen) atoms. The van der Waals surface area contributed by atoms with Crippen LogP contribution in [-0.2, 0) is 6.42 Å². The van der Waals surface area contributed by atoms with Crippen molar-refractivity contribution < 1.29 is 4.42 Å². The SMILES string of the molecule is Brc1cccc(C2CC(NC3CCCc4occc43)C2)c1. The third-order valence-electron chi connectivity index (χ3n) is 4.95. The summed E-state index contributed by atoms with van der Waals surface area (Å²) in [6.45, 7) is 0. The van der Waals surface area contributed by atoms with Gasteiger partial charge in [-0.3, -0.25) is 0 Å². The van der Waals surface area contributed by atoms with Crippen LogP contribution in [0.4, 0.5) is 0 Å². The number of hydrogen-bond acceptors (Lipinski definition) is 2. The number of halogens is 1. The molecular weight excluding hydrogens is 326 g/mol. The lowest BCUT2D eigenvalue weighted by molar-refractivity contribution is 0.252. The molecule has 0 aliphatic heterocycles. The van der Waals surface area contributed by atoms with Gasteiger partial charge in [-0.25, -0.2) is 0 Å². The van der Waals surface area contributed by atoms with Crippen molar-refractivity contribution in [2.24, 2.45) is 0 Å². The van der Waals surface area contributed by atoms with Crippen molar-refractivity contribution in [2.75, 3.05) is 0 Å². The number of fused-ring (bicyclic) bond motifs is 1. The van der Waals surface area contributed by atoms with Gasteiger partial charge in [-0.05, 0) is 55.4 Å². The van der Waals surface area contributed by atoms with E-state index in [1.54, 1.807) is 0 Å². The molecule has 1 aromatic heterocycles. The van der Waals surface area contributed by atoms with Crippen LogP contribution < -0.4 is 5.32 Å². The van der Waals surface area contributed by atoms with Crippen molar-refractivity contribution in [3.63, 3.8) is 0 Å². The van der Waals surface area contributed by atoms with Gasteiger partial charge in [-0.15, -0.1) is 0 Å². The molecule has 3 heteroatoms. The first-order valence-electron chi connectivity index (χ1n) is 7.87. The first kappa shape index (κ1) is 13.6. The van der Waals surface area contributed by atoms with Gasteiger partial charge in [0, 0.05) is 28.5 Å². The van der Waals surface area contributed by atoms with E-state index in [0.717, 1.165) is 6.42 Å². The monoisotopic (exact) mass is 345 g/mol. The Morgan fingerprint density at radius 1 is 1.19 bits per heavy atom. The second-order valence-electron chi connectivity index (χ2n) is 6.33. The molecule has 0 radical (unpaired) electrons. The zero-order valence-corrected chi connectivity index (χ0v) is 13.6. The topological polar surface area (TPSA) is 25.2 Å². The minimum Gasteiger partial charge on any atom is -0.469 e. The maximum Gasteiger partial charge on any atom is 0.108 e. The van der Waals surface area contributed by atoms with Crippen LogP contribution in [0.3, 0.4) is 0 Å². The summed E-state index contributed by atoms with van der Waals surface area (Å²) in [6, 6.07) is 12.0. The Morgan fingerprint density at radius 3 is 2.95 bits per heavy atom. The molecule has 110 valence electrons. The van der Waals surface area contributed by atoms with Crippen molar-refractivity contribution in [3.8, 4) is 0 Å². The summed E-state index contributed by atoms with van der Waals surface area (Å²) in [7, 11) is 0. The summed E-state index contributed by atoms with van der Waals surface area (Å²) in [6.07, 6.45) is 7.92. The zero-order valence-electron chi connectivity index (χ0n) is 12.0. The van der Waals surface area contributed by atoms with E-state index in [9.17, 15) is 0 Å². The molecule has 2 aliphatic carbocycles. The molecule has 1 fully saturated rings. The number of rotatable bonds is 3. The molecule has 1 N–H and O–H groups in total. The average molecular weight is 346 g/mol. The molecule has 1 saturated carbocycles. The quantitative estimate of drug-likeness (QED) is 0.850. The van der Waals surface area contributed by atoms with Crippen LogP contribution >= 0.6 is 15.9 Å². The molecule has 0 saturated heterocycles. The largest absolute Gasteiger partial charge is 0.469 e. The fourth-order valence-electron chi connectivity index (χ4n) is 3.73. The summed E-state index contributed by atoms with van der Waals surface area (Å²) in [5, 5.41) is 3.84. The third kappa shape index (κ3) is 2.69. The van der Waals surface area contributed by atoms with E-state index >= 15 is 0 Å². The van der Waals surface area contributed by atoms with Gasteiger partial charge in [0.25, 0.3) is 0 Å². The van der Waals surface area contributed by atoms with Crippen molar-refractivity contribution >= 4 is 15.9 Å². The molecule has 1 unspecified atom stereocenters. The fourth-order valence-corrected chi connectivity index (χ4v) is 4.15. The highest BCUT2D eigenvalue weighted by atomic mass is 79.9. The molecule has 4 rings (SSSR count). The van der Waals surface area contributed by atoms with Gasteiger partial charge < -0.3 is 9.73 Å². The second kappa shape index (κ2) is 5.62. The molecule has 0 bridgehead atoms. The molecule has 0 spiro atoms. The maximum absolute atomic E-state index is 5.58. The Balaban J connectivity index is 1.37. The first-order chi connectivity index (χ1) is 10.3. The highest BCUT2D eigenvalue weighted by molar-refractivity contribution is 9.10. The van der Waals surface area contributed by atoms with Gasteiger partial charge in [0.1, 0.15) is 5.76 Å². The van der Waals surface area contributed by atoms with E-state index < -0.39 is 0 Å². The van der Waals surface area contributed by atoms with Gasteiger partial charge >= 0.3 is 0 Å². The third-order valence-corrected chi connectivity index (χ3v) is 5.44. The lowest BCUT2D eigenvalue weighted by Gasteiger charge is -2.39. The van der Waals surface area contributed by atoms with Crippen LogP contribution in [0.5, 0.6) is 0 Å². The number of hydrogen-bond donors (Lipinski definition) is 1. The van der Waals surface area contributed by atoms with E-state index in [0.29, 0.717) is 18.0 Å². The number of benzene rings is 1. The molecule has 2 aromatic rings.